The highest BCUT2D eigenvalue weighted by Crippen LogP contribution is 2.43. The van der Waals surface area contributed by atoms with E-state index in [1.54, 1.807) is 0 Å². The molecule has 0 aromatic rings. The maximum atomic E-state index is 11.6. The Morgan fingerprint density at radius 2 is 0.955 bits per heavy atom. The quantitative estimate of drug-likeness (QED) is 0.253. The highest BCUT2D eigenvalue weighted by Gasteiger charge is 2.19. The number of hydrogen-bond acceptors (Lipinski definition) is 3. The minimum Gasteiger partial charge on any atom is -0.302 e. The van der Waals surface area contributed by atoms with Gasteiger partial charge in [0, 0.05) is 0 Å². The van der Waals surface area contributed by atoms with E-state index in [0.29, 0.717) is 13.2 Å². The van der Waals surface area contributed by atoms with Gasteiger partial charge in [-0.3, -0.25) is 9.05 Å². The van der Waals surface area contributed by atoms with Crippen molar-refractivity contribution in [2.24, 2.45) is 0 Å². The summed E-state index contributed by atoms with van der Waals surface area (Å²) in [5, 5.41) is 0. The summed E-state index contributed by atoms with van der Waals surface area (Å²) in [6, 6.07) is 0. The molecule has 134 valence electrons. The molecule has 0 aliphatic carbocycles. The molecule has 0 saturated heterocycles. The molecule has 0 rings (SSSR count). The highest BCUT2D eigenvalue weighted by molar-refractivity contribution is 7.47. The van der Waals surface area contributed by atoms with Crippen LogP contribution in [0.5, 0.6) is 0 Å². The Bertz CT molecular complexity index is 271. The molecule has 0 amide bonds. The molecule has 0 saturated carbocycles. The zero-order valence-electron chi connectivity index (χ0n) is 14.7. The first kappa shape index (κ1) is 22.1. The maximum Gasteiger partial charge on any atom is 0.472 e. The average molecular weight is 336 g/mol. The number of rotatable bonds is 17. The third-order valence-electron chi connectivity index (χ3n) is 3.75. The predicted molar refractivity (Wildman–Crippen MR) is 93.1 cm³/mol. The Hall–Kier alpha value is 0.110. The van der Waals surface area contributed by atoms with Crippen LogP contribution in [0, 0.1) is 0 Å². The summed E-state index contributed by atoms with van der Waals surface area (Å²) >= 11 is 0. The Labute approximate surface area is 137 Å². The van der Waals surface area contributed by atoms with Crippen molar-refractivity contribution in [1.29, 1.82) is 0 Å². The second kappa shape index (κ2) is 16.0. The lowest BCUT2D eigenvalue weighted by molar-refractivity contribution is 0.145. The first-order chi connectivity index (χ1) is 10.6. The van der Waals surface area contributed by atoms with E-state index in [4.69, 9.17) is 9.05 Å². The standard InChI is InChI=1S/C17H37O4P/c1-3-5-7-9-11-13-15-17-21-22(18,19)20-16-14-12-10-8-6-4-2/h3-17H2,1-2H3,(H,18,19). The predicted octanol–water partition coefficient (Wildman–Crippen LogP) is 6.23. The smallest absolute Gasteiger partial charge is 0.302 e. The molecule has 0 bridgehead atoms. The van der Waals surface area contributed by atoms with Crippen LogP contribution in [0.4, 0.5) is 0 Å². The van der Waals surface area contributed by atoms with Crippen LogP contribution in [0.3, 0.4) is 0 Å². The molecule has 0 fully saturated rings. The van der Waals surface area contributed by atoms with Crippen LogP contribution in [0.2, 0.25) is 0 Å². The Morgan fingerprint density at radius 1 is 0.636 bits per heavy atom. The van der Waals surface area contributed by atoms with Crippen molar-refractivity contribution in [3.8, 4) is 0 Å². The third kappa shape index (κ3) is 16.5. The van der Waals surface area contributed by atoms with E-state index in [2.05, 4.69) is 13.8 Å². The molecular weight excluding hydrogens is 299 g/mol. The summed E-state index contributed by atoms with van der Waals surface area (Å²) in [5.74, 6) is 0. The SMILES string of the molecule is CCCCCCCCCOP(=O)(O)OCCCCCCCC. The molecule has 0 aliphatic heterocycles. The molecular formula is C17H37O4P. The monoisotopic (exact) mass is 336 g/mol. The van der Waals surface area contributed by atoms with Crippen molar-refractivity contribution in [3.63, 3.8) is 0 Å². The second-order valence-electron chi connectivity index (χ2n) is 6.02. The van der Waals surface area contributed by atoms with Gasteiger partial charge in [-0.2, -0.15) is 0 Å². The molecule has 5 heteroatoms. The topological polar surface area (TPSA) is 55.8 Å². The molecule has 0 aliphatic rings. The normalized spacial score (nSPS) is 14.1. The number of phosphoric ester groups is 1. The van der Waals surface area contributed by atoms with Gasteiger partial charge in [-0.1, -0.05) is 84.5 Å². The number of phosphoric acid groups is 1. The van der Waals surface area contributed by atoms with E-state index in [0.717, 1.165) is 25.7 Å². The molecule has 0 aromatic carbocycles. The molecule has 0 radical (unpaired) electrons. The lowest BCUT2D eigenvalue weighted by atomic mass is 10.1. The van der Waals surface area contributed by atoms with Gasteiger partial charge < -0.3 is 4.89 Å². The molecule has 22 heavy (non-hydrogen) atoms. The molecule has 1 atom stereocenters. The second-order valence-corrected chi connectivity index (χ2v) is 7.48. The van der Waals surface area contributed by atoms with Crippen LogP contribution >= 0.6 is 7.82 Å². The van der Waals surface area contributed by atoms with Gasteiger partial charge in [0.25, 0.3) is 0 Å². The van der Waals surface area contributed by atoms with Crippen LogP contribution in [-0.4, -0.2) is 18.1 Å². The summed E-state index contributed by atoms with van der Waals surface area (Å²) in [5.41, 5.74) is 0. The van der Waals surface area contributed by atoms with Gasteiger partial charge in [0.1, 0.15) is 0 Å². The average Bonchev–Trinajstić information content (AvgIpc) is 2.49. The maximum absolute atomic E-state index is 11.6. The van der Waals surface area contributed by atoms with E-state index >= 15 is 0 Å². The number of hydrogen-bond donors (Lipinski definition) is 1. The van der Waals surface area contributed by atoms with Gasteiger partial charge in [-0.25, -0.2) is 4.57 Å². The van der Waals surface area contributed by atoms with Crippen LogP contribution in [-0.2, 0) is 13.6 Å². The Balaban J connectivity index is 3.36. The summed E-state index contributed by atoms with van der Waals surface area (Å²) in [7, 11) is -3.82. The summed E-state index contributed by atoms with van der Waals surface area (Å²) in [4.78, 5) is 9.54. The highest BCUT2D eigenvalue weighted by atomic mass is 31.2. The van der Waals surface area contributed by atoms with Crippen LogP contribution < -0.4 is 0 Å². The molecule has 0 aromatic heterocycles. The largest absolute Gasteiger partial charge is 0.472 e. The fraction of sp³-hybridized carbons (Fsp3) is 1.00. The Morgan fingerprint density at radius 3 is 1.32 bits per heavy atom. The summed E-state index contributed by atoms with van der Waals surface area (Å²) in [6.07, 6.45) is 14.9. The Kier molecular flexibility index (Phi) is 16.1. The van der Waals surface area contributed by atoms with E-state index in [1.165, 1.54) is 57.8 Å². The van der Waals surface area contributed by atoms with E-state index in [1.807, 2.05) is 0 Å². The van der Waals surface area contributed by atoms with E-state index < -0.39 is 7.82 Å². The first-order valence-electron chi connectivity index (χ1n) is 9.24. The fourth-order valence-electron chi connectivity index (χ4n) is 2.34. The third-order valence-corrected chi connectivity index (χ3v) is 4.77. The first-order valence-corrected chi connectivity index (χ1v) is 10.7. The van der Waals surface area contributed by atoms with Crippen molar-refractivity contribution in [2.45, 2.75) is 97.3 Å². The van der Waals surface area contributed by atoms with Crippen molar-refractivity contribution < 1.29 is 18.5 Å². The molecule has 1 unspecified atom stereocenters. The van der Waals surface area contributed by atoms with Gasteiger partial charge in [-0.05, 0) is 12.8 Å². The van der Waals surface area contributed by atoms with Crippen LogP contribution in [0.25, 0.3) is 0 Å². The minimum absolute atomic E-state index is 0.316. The van der Waals surface area contributed by atoms with Crippen molar-refractivity contribution in [3.05, 3.63) is 0 Å². The van der Waals surface area contributed by atoms with E-state index in [-0.39, 0.29) is 0 Å². The lowest BCUT2D eigenvalue weighted by Gasteiger charge is -2.12. The van der Waals surface area contributed by atoms with Crippen molar-refractivity contribution in [2.75, 3.05) is 13.2 Å². The lowest BCUT2D eigenvalue weighted by Crippen LogP contribution is -1.99. The zero-order chi connectivity index (χ0) is 16.5. The molecule has 0 heterocycles. The zero-order valence-corrected chi connectivity index (χ0v) is 15.6. The van der Waals surface area contributed by atoms with Gasteiger partial charge in [0.2, 0.25) is 0 Å². The fourth-order valence-corrected chi connectivity index (χ4v) is 3.13. The van der Waals surface area contributed by atoms with Crippen molar-refractivity contribution >= 4 is 7.82 Å². The van der Waals surface area contributed by atoms with Gasteiger partial charge in [0.15, 0.2) is 0 Å². The molecule has 1 N–H and O–H groups in total. The van der Waals surface area contributed by atoms with Crippen LogP contribution in [0.1, 0.15) is 97.3 Å². The van der Waals surface area contributed by atoms with Gasteiger partial charge in [-0.15, -0.1) is 0 Å². The summed E-state index contributed by atoms with van der Waals surface area (Å²) < 4.78 is 21.6. The van der Waals surface area contributed by atoms with Crippen LogP contribution in [0.15, 0.2) is 0 Å². The molecule has 4 nitrogen and oxygen atoms in total. The number of unbranched alkanes of at least 4 members (excludes halogenated alkanes) is 11. The van der Waals surface area contributed by atoms with Crippen molar-refractivity contribution in [1.82, 2.24) is 0 Å². The van der Waals surface area contributed by atoms with Gasteiger partial charge >= 0.3 is 7.82 Å². The molecule has 0 spiro atoms. The van der Waals surface area contributed by atoms with Gasteiger partial charge in [0.05, 0.1) is 13.2 Å². The minimum atomic E-state index is -3.82. The van der Waals surface area contributed by atoms with E-state index in [9.17, 15) is 9.46 Å². The summed E-state index contributed by atoms with van der Waals surface area (Å²) in [6.45, 7) is 5.03.